The van der Waals surface area contributed by atoms with Crippen molar-refractivity contribution >= 4 is 41.2 Å². The van der Waals surface area contributed by atoms with Crippen molar-refractivity contribution in [1.82, 2.24) is 0 Å². The van der Waals surface area contributed by atoms with Gasteiger partial charge in [0.1, 0.15) is 0 Å². The molecule has 0 aliphatic carbocycles. The SMILES string of the molecule is ClC(C[Si](Cl)Cl)c1ccccc1. The summed E-state index contributed by atoms with van der Waals surface area (Å²) in [6.45, 7) is 0. The van der Waals surface area contributed by atoms with Gasteiger partial charge in [-0.2, -0.15) is 0 Å². The van der Waals surface area contributed by atoms with Gasteiger partial charge in [0.15, 0.2) is 0 Å². The highest BCUT2D eigenvalue weighted by Gasteiger charge is 2.13. The summed E-state index contributed by atoms with van der Waals surface area (Å²) >= 11 is 17.5. The lowest BCUT2D eigenvalue weighted by Crippen LogP contribution is -1.98. The second-order valence-electron chi connectivity index (χ2n) is 2.42. The lowest BCUT2D eigenvalue weighted by atomic mass is 10.2. The van der Waals surface area contributed by atoms with E-state index in [1.807, 2.05) is 30.3 Å². The predicted molar refractivity (Wildman–Crippen MR) is 57.3 cm³/mol. The molecule has 0 saturated heterocycles. The molecule has 0 fully saturated rings. The topological polar surface area (TPSA) is 0 Å². The summed E-state index contributed by atoms with van der Waals surface area (Å²) in [5.41, 5.74) is 1.09. The van der Waals surface area contributed by atoms with E-state index >= 15 is 0 Å². The minimum atomic E-state index is -1.27. The minimum Gasteiger partial charge on any atom is -0.147 e. The first-order chi connectivity index (χ1) is 5.70. The fraction of sp³-hybridized carbons (Fsp3) is 0.250. The average molecular weight is 239 g/mol. The summed E-state index contributed by atoms with van der Waals surface area (Å²) in [5.74, 6) is 0. The molecular formula is C8H8Cl3Si. The van der Waals surface area contributed by atoms with Gasteiger partial charge in [0.2, 0.25) is 0 Å². The highest BCUT2D eigenvalue weighted by atomic mass is 35.7. The maximum absolute atomic E-state index is 6.06. The Labute approximate surface area is 88.5 Å². The van der Waals surface area contributed by atoms with Crippen LogP contribution < -0.4 is 0 Å². The Morgan fingerprint density at radius 1 is 1.17 bits per heavy atom. The van der Waals surface area contributed by atoms with Crippen molar-refractivity contribution in [3.05, 3.63) is 35.9 Å². The van der Waals surface area contributed by atoms with Gasteiger partial charge >= 0.3 is 0 Å². The molecule has 0 bridgehead atoms. The molecule has 4 heteroatoms. The standard InChI is InChI=1S/C8H8Cl3Si/c9-8(6-12(10)11)7-4-2-1-3-5-7/h1-5,8H,6H2. The van der Waals surface area contributed by atoms with Gasteiger partial charge in [-0.3, -0.25) is 0 Å². The third-order valence-electron chi connectivity index (χ3n) is 1.49. The molecule has 1 aromatic rings. The van der Waals surface area contributed by atoms with E-state index in [1.54, 1.807) is 0 Å². The lowest BCUT2D eigenvalue weighted by molar-refractivity contribution is 1.07. The van der Waals surface area contributed by atoms with Crippen LogP contribution in [0.15, 0.2) is 30.3 Å². The Morgan fingerprint density at radius 3 is 2.25 bits per heavy atom. The fourth-order valence-corrected chi connectivity index (χ4v) is 3.43. The van der Waals surface area contributed by atoms with Crippen molar-refractivity contribution in [3.63, 3.8) is 0 Å². The quantitative estimate of drug-likeness (QED) is 0.425. The van der Waals surface area contributed by atoms with Crippen molar-refractivity contribution in [3.8, 4) is 0 Å². The molecule has 1 aromatic carbocycles. The summed E-state index contributed by atoms with van der Waals surface area (Å²) in [4.78, 5) is 0. The van der Waals surface area contributed by atoms with Gasteiger partial charge in [-0.15, -0.1) is 33.8 Å². The second kappa shape index (κ2) is 5.13. The summed E-state index contributed by atoms with van der Waals surface area (Å²) in [6.07, 6.45) is 0. The Morgan fingerprint density at radius 2 is 1.75 bits per heavy atom. The number of hydrogen-bond donors (Lipinski definition) is 0. The molecule has 0 saturated carbocycles. The van der Waals surface area contributed by atoms with Crippen molar-refractivity contribution in [2.75, 3.05) is 0 Å². The van der Waals surface area contributed by atoms with E-state index in [-0.39, 0.29) is 5.38 Å². The van der Waals surface area contributed by atoms with Gasteiger partial charge in [-0.05, 0) is 11.6 Å². The average Bonchev–Trinajstić information content (AvgIpc) is 2.05. The number of alkyl halides is 1. The van der Waals surface area contributed by atoms with Crippen LogP contribution in [0.3, 0.4) is 0 Å². The molecule has 0 spiro atoms. The minimum absolute atomic E-state index is 0.0462. The summed E-state index contributed by atoms with van der Waals surface area (Å²) in [7, 11) is -1.27. The van der Waals surface area contributed by atoms with Crippen molar-refractivity contribution in [2.24, 2.45) is 0 Å². The first-order valence-corrected chi connectivity index (χ1v) is 7.72. The first-order valence-electron chi connectivity index (χ1n) is 3.56. The van der Waals surface area contributed by atoms with E-state index in [9.17, 15) is 0 Å². The van der Waals surface area contributed by atoms with Crippen LogP contribution in [0.2, 0.25) is 6.04 Å². The Kier molecular flexibility index (Phi) is 4.44. The van der Waals surface area contributed by atoms with Gasteiger partial charge < -0.3 is 0 Å². The lowest BCUT2D eigenvalue weighted by Gasteiger charge is -2.07. The van der Waals surface area contributed by atoms with E-state index in [0.717, 1.165) is 5.56 Å². The largest absolute Gasteiger partial charge is 0.275 e. The monoisotopic (exact) mass is 237 g/mol. The Bertz CT molecular complexity index is 225. The highest BCUT2D eigenvalue weighted by molar-refractivity contribution is 7.33. The van der Waals surface area contributed by atoms with Crippen molar-refractivity contribution in [1.29, 1.82) is 0 Å². The first kappa shape index (κ1) is 10.4. The van der Waals surface area contributed by atoms with Crippen LogP contribution >= 0.6 is 33.8 Å². The molecule has 0 nitrogen and oxygen atoms in total. The van der Waals surface area contributed by atoms with Crippen LogP contribution in [0.4, 0.5) is 0 Å². The Hall–Kier alpha value is 0.307. The molecular weight excluding hydrogens is 231 g/mol. The second-order valence-corrected chi connectivity index (χ2v) is 7.35. The van der Waals surface area contributed by atoms with Crippen LogP contribution in [0.1, 0.15) is 10.9 Å². The molecule has 0 heterocycles. The van der Waals surface area contributed by atoms with E-state index in [0.29, 0.717) is 6.04 Å². The molecule has 1 atom stereocenters. The van der Waals surface area contributed by atoms with Crippen molar-refractivity contribution < 1.29 is 0 Å². The van der Waals surface area contributed by atoms with Crippen LogP contribution in [-0.4, -0.2) is 7.42 Å². The molecule has 0 aliphatic heterocycles. The molecule has 0 N–H and O–H groups in total. The zero-order valence-electron chi connectivity index (χ0n) is 6.31. The zero-order valence-corrected chi connectivity index (χ0v) is 9.57. The number of halogens is 3. The molecule has 0 aliphatic rings. The van der Waals surface area contributed by atoms with Crippen LogP contribution in [0.25, 0.3) is 0 Å². The molecule has 0 amide bonds. The highest BCUT2D eigenvalue weighted by Crippen LogP contribution is 2.27. The number of hydrogen-bond acceptors (Lipinski definition) is 0. The van der Waals surface area contributed by atoms with E-state index in [4.69, 9.17) is 33.8 Å². The maximum Gasteiger partial charge on any atom is 0.275 e. The van der Waals surface area contributed by atoms with E-state index < -0.39 is 7.42 Å². The molecule has 65 valence electrons. The van der Waals surface area contributed by atoms with E-state index in [2.05, 4.69) is 0 Å². The van der Waals surface area contributed by atoms with Crippen molar-refractivity contribution in [2.45, 2.75) is 11.4 Å². The third kappa shape index (κ3) is 3.36. The summed E-state index contributed by atoms with van der Waals surface area (Å²) in [5, 5.41) is -0.0462. The molecule has 1 radical (unpaired) electrons. The van der Waals surface area contributed by atoms with Gasteiger partial charge in [0, 0.05) is 0 Å². The van der Waals surface area contributed by atoms with E-state index in [1.165, 1.54) is 0 Å². The summed E-state index contributed by atoms with van der Waals surface area (Å²) < 4.78 is 0. The van der Waals surface area contributed by atoms with Crippen LogP contribution in [-0.2, 0) is 0 Å². The fourth-order valence-electron chi connectivity index (χ4n) is 0.915. The summed E-state index contributed by atoms with van der Waals surface area (Å²) in [6, 6.07) is 10.5. The van der Waals surface area contributed by atoms with Gasteiger partial charge in [0.25, 0.3) is 7.42 Å². The number of benzene rings is 1. The molecule has 12 heavy (non-hydrogen) atoms. The third-order valence-corrected chi connectivity index (χ3v) is 3.80. The normalized spacial score (nSPS) is 13.3. The van der Waals surface area contributed by atoms with Gasteiger partial charge in [-0.25, -0.2) is 0 Å². The smallest absolute Gasteiger partial charge is 0.147 e. The molecule has 0 aromatic heterocycles. The van der Waals surface area contributed by atoms with Gasteiger partial charge in [0.05, 0.1) is 5.38 Å². The predicted octanol–water partition coefficient (Wildman–Crippen LogP) is 3.93. The molecule has 1 unspecified atom stereocenters. The molecule has 1 rings (SSSR count). The van der Waals surface area contributed by atoms with Gasteiger partial charge in [-0.1, -0.05) is 30.3 Å². The maximum atomic E-state index is 6.06. The zero-order chi connectivity index (χ0) is 8.97. The Balaban J connectivity index is 2.59. The number of rotatable bonds is 3. The van der Waals surface area contributed by atoms with Crippen LogP contribution in [0.5, 0.6) is 0 Å². The van der Waals surface area contributed by atoms with Crippen LogP contribution in [0, 0.1) is 0 Å².